The summed E-state index contributed by atoms with van der Waals surface area (Å²) in [5, 5.41) is 5.14. The van der Waals surface area contributed by atoms with Crippen LogP contribution in [0, 0.1) is 12.3 Å². The van der Waals surface area contributed by atoms with Crippen molar-refractivity contribution in [3.63, 3.8) is 0 Å². The van der Waals surface area contributed by atoms with Gasteiger partial charge in [0.05, 0.1) is 17.9 Å². The van der Waals surface area contributed by atoms with Crippen molar-refractivity contribution in [1.82, 2.24) is 9.78 Å². The van der Waals surface area contributed by atoms with Gasteiger partial charge in [-0.2, -0.15) is 5.10 Å². The summed E-state index contributed by atoms with van der Waals surface area (Å²) in [4.78, 5) is 14.0. The van der Waals surface area contributed by atoms with Gasteiger partial charge in [-0.25, -0.2) is 0 Å². The molecule has 1 aromatic carbocycles. The normalized spacial score (nSPS) is 12.5. The zero-order valence-electron chi connectivity index (χ0n) is 11.6. The first-order valence-electron chi connectivity index (χ1n) is 6.74. The van der Waals surface area contributed by atoms with Crippen molar-refractivity contribution in [2.24, 2.45) is 0 Å². The van der Waals surface area contributed by atoms with Gasteiger partial charge in [0.15, 0.2) is 0 Å². The van der Waals surface area contributed by atoms with Crippen LogP contribution in [0.1, 0.15) is 18.9 Å². The Morgan fingerprint density at radius 2 is 2.33 bits per heavy atom. The minimum absolute atomic E-state index is 0.0777. The maximum absolute atomic E-state index is 12.2. The van der Waals surface area contributed by atoms with Crippen molar-refractivity contribution in [3.8, 4) is 23.6 Å². The number of benzene rings is 1. The van der Waals surface area contributed by atoms with Gasteiger partial charge >= 0.3 is 0 Å². The highest BCUT2D eigenvalue weighted by molar-refractivity contribution is 6.31. The van der Waals surface area contributed by atoms with Gasteiger partial charge in [0, 0.05) is 28.8 Å². The third-order valence-corrected chi connectivity index (χ3v) is 3.76. The molecule has 5 heteroatoms. The van der Waals surface area contributed by atoms with Crippen LogP contribution in [0.3, 0.4) is 0 Å². The summed E-state index contributed by atoms with van der Waals surface area (Å²) >= 11 is 6.10. The summed E-state index contributed by atoms with van der Waals surface area (Å²) in [5.74, 6) is 2.65. The molecule has 0 bridgehead atoms. The lowest BCUT2D eigenvalue weighted by Gasteiger charge is -2.28. The highest BCUT2D eigenvalue weighted by Crippen LogP contribution is 2.39. The SMILES string of the molecule is C#CCn1cc2c(n1)-c1cc(Cl)ccc1N(C(=O)CC)C2. The third kappa shape index (κ3) is 2.30. The van der Waals surface area contributed by atoms with E-state index in [1.165, 1.54) is 0 Å². The molecule has 2 aromatic rings. The quantitative estimate of drug-likeness (QED) is 0.799. The fourth-order valence-corrected chi connectivity index (χ4v) is 2.75. The number of fused-ring (bicyclic) bond motifs is 3. The number of hydrogen-bond acceptors (Lipinski definition) is 2. The number of aromatic nitrogens is 2. The molecule has 0 fully saturated rings. The second-order valence-corrected chi connectivity index (χ2v) is 5.34. The lowest BCUT2D eigenvalue weighted by atomic mass is 10.00. The molecule has 0 aliphatic carbocycles. The molecular weight excluding hydrogens is 286 g/mol. The van der Waals surface area contributed by atoms with E-state index in [9.17, 15) is 4.79 Å². The Bertz CT molecular complexity index is 757. The number of terminal acetylenes is 1. The van der Waals surface area contributed by atoms with Gasteiger partial charge < -0.3 is 4.90 Å². The zero-order valence-corrected chi connectivity index (χ0v) is 12.4. The fraction of sp³-hybridized carbons (Fsp3) is 0.250. The first-order chi connectivity index (χ1) is 10.1. The molecule has 0 saturated heterocycles. The summed E-state index contributed by atoms with van der Waals surface area (Å²) in [7, 11) is 0. The van der Waals surface area contributed by atoms with Gasteiger partial charge in [0.1, 0.15) is 6.54 Å². The van der Waals surface area contributed by atoms with Gasteiger partial charge in [0.2, 0.25) is 5.91 Å². The minimum atomic E-state index is 0.0777. The van der Waals surface area contributed by atoms with E-state index in [1.54, 1.807) is 15.6 Å². The number of anilines is 1. The van der Waals surface area contributed by atoms with Gasteiger partial charge in [0.25, 0.3) is 0 Å². The minimum Gasteiger partial charge on any atom is -0.307 e. The van der Waals surface area contributed by atoms with Gasteiger partial charge in [-0.3, -0.25) is 9.48 Å². The van der Waals surface area contributed by atoms with E-state index in [0.29, 0.717) is 24.5 Å². The average Bonchev–Trinajstić information content (AvgIpc) is 2.88. The highest BCUT2D eigenvalue weighted by atomic mass is 35.5. The number of carbonyl (C=O) groups is 1. The first-order valence-corrected chi connectivity index (χ1v) is 7.12. The topological polar surface area (TPSA) is 38.1 Å². The Hall–Kier alpha value is -2.25. The lowest BCUT2D eigenvalue weighted by Crippen LogP contribution is -2.32. The van der Waals surface area contributed by atoms with Crippen LogP contribution < -0.4 is 4.90 Å². The van der Waals surface area contributed by atoms with Crippen molar-refractivity contribution < 1.29 is 4.79 Å². The number of hydrogen-bond donors (Lipinski definition) is 0. The number of amides is 1. The molecule has 4 nitrogen and oxygen atoms in total. The molecule has 1 aliphatic rings. The van der Waals surface area contributed by atoms with E-state index in [0.717, 1.165) is 22.5 Å². The Balaban J connectivity index is 2.16. The number of carbonyl (C=O) groups excluding carboxylic acids is 1. The van der Waals surface area contributed by atoms with E-state index in [-0.39, 0.29) is 5.91 Å². The molecule has 0 saturated carbocycles. The monoisotopic (exact) mass is 299 g/mol. The molecule has 0 atom stereocenters. The van der Waals surface area contributed by atoms with Crippen LogP contribution in [-0.2, 0) is 17.9 Å². The van der Waals surface area contributed by atoms with Gasteiger partial charge in [-0.1, -0.05) is 24.4 Å². The summed E-state index contributed by atoms with van der Waals surface area (Å²) in [6, 6.07) is 5.51. The van der Waals surface area contributed by atoms with Crippen molar-refractivity contribution in [3.05, 3.63) is 35.0 Å². The second kappa shape index (κ2) is 5.27. The van der Waals surface area contributed by atoms with Crippen molar-refractivity contribution in [2.45, 2.75) is 26.4 Å². The number of rotatable bonds is 2. The van der Waals surface area contributed by atoms with Crippen LogP contribution in [0.15, 0.2) is 24.4 Å². The van der Waals surface area contributed by atoms with Crippen LogP contribution >= 0.6 is 11.6 Å². The van der Waals surface area contributed by atoms with Crippen molar-refractivity contribution in [1.29, 1.82) is 0 Å². The number of nitrogens with zero attached hydrogens (tertiary/aromatic N) is 3. The second-order valence-electron chi connectivity index (χ2n) is 4.90. The lowest BCUT2D eigenvalue weighted by molar-refractivity contribution is -0.118. The van der Waals surface area contributed by atoms with E-state index in [4.69, 9.17) is 18.0 Å². The molecule has 106 valence electrons. The van der Waals surface area contributed by atoms with Gasteiger partial charge in [-0.05, 0) is 18.2 Å². The Morgan fingerprint density at radius 3 is 3.05 bits per heavy atom. The summed E-state index contributed by atoms with van der Waals surface area (Å²) < 4.78 is 1.72. The number of halogens is 1. The molecule has 0 radical (unpaired) electrons. The zero-order chi connectivity index (χ0) is 15.0. The van der Waals surface area contributed by atoms with E-state index in [1.807, 2.05) is 25.3 Å². The summed E-state index contributed by atoms with van der Waals surface area (Å²) in [5.41, 5.74) is 3.57. The smallest absolute Gasteiger partial charge is 0.227 e. The van der Waals surface area contributed by atoms with Crippen LogP contribution in [0.25, 0.3) is 11.3 Å². The average molecular weight is 300 g/mol. The molecular formula is C16H14ClN3O. The third-order valence-electron chi connectivity index (χ3n) is 3.53. The molecule has 2 heterocycles. The Labute approximate surface area is 128 Å². The molecule has 0 N–H and O–H groups in total. The molecule has 1 aliphatic heterocycles. The Kier molecular flexibility index (Phi) is 3.44. The molecule has 0 spiro atoms. The largest absolute Gasteiger partial charge is 0.307 e. The van der Waals surface area contributed by atoms with Crippen molar-refractivity contribution >= 4 is 23.2 Å². The summed E-state index contributed by atoms with van der Waals surface area (Å²) in [6.45, 7) is 2.78. The predicted octanol–water partition coefficient (Wildman–Crippen LogP) is 3.09. The predicted molar refractivity (Wildman–Crippen MR) is 83.0 cm³/mol. The molecule has 21 heavy (non-hydrogen) atoms. The molecule has 1 aromatic heterocycles. The van der Waals surface area contributed by atoms with Crippen LogP contribution in [-0.4, -0.2) is 15.7 Å². The summed E-state index contributed by atoms with van der Waals surface area (Å²) in [6.07, 6.45) is 7.69. The maximum Gasteiger partial charge on any atom is 0.227 e. The van der Waals surface area contributed by atoms with E-state index in [2.05, 4.69) is 11.0 Å². The Morgan fingerprint density at radius 1 is 1.52 bits per heavy atom. The first kappa shape index (κ1) is 13.7. The van der Waals surface area contributed by atoms with E-state index >= 15 is 0 Å². The fourth-order valence-electron chi connectivity index (χ4n) is 2.58. The van der Waals surface area contributed by atoms with Crippen LogP contribution in [0.4, 0.5) is 5.69 Å². The van der Waals surface area contributed by atoms with Crippen LogP contribution in [0.5, 0.6) is 0 Å². The van der Waals surface area contributed by atoms with E-state index < -0.39 is 0 Å². The molecule has 1 amide bonds. The van der Waals surface area contributed by atoms with Gasteiger partial charge in [-0.15, -0.1) is 6.42 Å². The standard InChI is InChI=1S/C16H14ClN3O/c1-3-7-19-9-11-10-20(15(21)4-2)14-6-5-12(17)8-13(14)16(11)18-19/h1,5-6,8-9H,4,7,10H2,2H3. The molecule has 0 unspecified atom stereocenters. The van der Waals surface area contributed by atoms with Crippen LogP contribution in [0.2, 0.25) is 5.02 Å². The maximum atomic E-state index is 12.2. The van der Waals surface area contributed by atoms with Crippen molar-refractivity contribution in [2.75, 3.05) is 4.90 Å². The highest BCUT2D eigenvalue weighted by Gasteiger charge is 2.28. The molecule has 3 rings (SSSR count).